The number of amides is 1. The van der Waals surface area contributed by atoms with Crippen LogP contribution in [0.3, 0.4) is 0 Å². The number of carbonyl (C=O) groups is 2. The number of hydrogen-bond acceptors (Lipinski definition) is 6. The minimum Gasteiger partial charge on any atom is -0.507 e. The Kier molecular flexibility index (Phi) is 5.44. The molecular formula is C15H12BrN3O6S. The molecule has 0 atom stereocenters. The van der Waals surface area contributed by atoms with E-state index < -0.39 is 38.3 Å². The van der Waals surface area contributed by atoms with Crippen molar-refractivity contribution in [2.24, 2.45) is 5.14 Å². The number of phenolic OH excluding ortho intramolecular Hbond substituents is 1. The molecule has 9 nitrogen and oxygen atoms in total. The molecule has 6 N–H and O–H groups in total. The number of aromatic hydroxyl groups is 1. The first-order chi connectivity index (χ1) is 12.0. The Balaban J connectivity index is 2.38. The lowest BCUT2D eigenvalue weighted by Gasteiger charge is -2.11. The van der Waals surface area contributed by atoms with Crippen LogP contribution in [0.1, 0.15) is 15.9 Å². The number of phenols is 1. The van der Waals surface area contributed by atoms with Crippen LogP contribution in [-0.2, 0) is 14.8 Å². The van der Waals surface area contributed by atoms with Gasteiger partial charge in [0.05, 0.1) is 16.1 Å². The van der Waals surface area contributed by atoms with Crippen molar-refractivity contribution >= 4 is 49.2 Å². The van der Waals surface area contributed by atoms with Gasteiger partial charge < -0.3 is 15.5 Å². The van der Waals surface area contributed by atoms with Gasteiger partial charge in [0.2, 0.25) is 10.0 Å². The quantitative estimate of drug-likeness (QED) is 0.439. The first-order valence-electron chi connectivity index (χ1n) is 6.79. The Morgan fingerprint density at radius 2 is 1.77 bits per heavy atom. The van der Waals surface area contributed by atoms with E-state index in [1.54, 1.807) is 0 Å². The van der Waals surface area contributed by atoms with Crippen molar-refractivity contribution in [1.82, 2.24) is 0 Å². The minimum absolute atomic E-state index is 0.0717. The van der Waals surface area contributed by atoms with Crippen molar-refractivity contribution in [2.75, 3.05) is 5.32 Å². The van der Waals surface area contributed by atoms with Gasteiger partial charge in [-0.1, -0.05) is 15.9 Å². The zero-order valence-electron chi connectivity index (χ0n) is 12.9. The number of benzene rings is 2. The van der Waals surface area contributed by atoms with E-state index in [0.29, 0.717) is 4.47 Å². The predicted octanol–water partition coefficient (Wildman–Crippen LogP) is 1.51. The number of carbonyl (C=O) groups excluding carboxylic acids is 1. The molecule has 0 spiro atoms. The van der Waals surface area contributed by atoms with E-state index in [-0.39, 0.29) is 16.8 Å². The summed E-state index contributed by atoms with van der Waals surface area (Å²) in [6, 6.07) is 6.97. The zero-order valence-corrected chi connectivity index (χ0v) is 15.3. The summed E-state index contributed by atoms with van der Waals surface area (Å²) >= 11 is 3.11. The lowest BCUT2D eigenvalue weighted by molar-refractivity contribution is -0.110. The number of aromatic carboxylic acids is 1. The predicted molar refractivity (Wildman–Crippen MR) is 96.0 cm³/mol. The van der Waals surface area contributed by atoms with Crippen molar-refractivity contribution in [3.63, 3.8) is 0 Å². The van der Waals surface area contributed by atoms with E-state index in [0.717, 1.165) is 18.2 Å². The number of carboxylic acid groups (broad SMARTS) is 1. The lowest BCUT2D eigenvalue weighted by Crippen LogP contribution is -2.24. The van der Waals surface area contributed by atoms with E-state index in [1.807, 2.05) is 0 Å². The third-order valence-electron chi connectivity index (χ3n) is 3.25. The maximum absolute atomic E-state index is 12.3. The van der Waals surface area contributed by atoms with Gasteiger partial charge in [0.15, 0.2) is 0 Å². The summed E-state index contributed by atoms with van der Waals surface area (Å²) in [4.78, 5) is 23.1. The number of nitrogens with two attached hydrogens (primary N) is 1. The molecule has 0 aliphatic rings. The van der Waals surface area contributed by atoms with E-state index in [1.165, 1.54) is 18.2 Å². The molecular weight excluding hydrogens is 430 g/mol. The minimum atomic E-state index is -4.11. The first kappa shape index (κ1) is 19.6. The zero-order chi connectivity index (χ0) is 19.6. The topological polar surface area (TPSA) is 171 Å². The van der Waals surface area contributed by atoms with E-state index >= 15 is 0 Å². The molecule has 1 amide bonds. The summed E-state index contributed by atoms with van der Waals surface area (Å²) in [5, 5.41) is 34.1. The molecule has 0 aliphatic carbocycles. The van der Waals surface area contributed by atoms with Gasteiger partial charge in [-0.15, -0.1) is 0 Å². The Bertz CT molecular complexity index is 1040. The molecule has 0 heterocycles. The van der Waals surface area contributed by atoms with Crippen LogP contribution in [0.4, 0.5) is 5.69 Å². The first-order valence-corrected chi connectivity index (χ1v) is 9.13. The lowest BCUT2D eigenvalue weighted by atomic mass is 10.1. The second kappa shape index (κ2) is 7.23. The number of nitrogens with one attached hydrogen (secondary N) is 2. The molecule has 0 saturated carbocycles. The summed E-state index contributed by atoms with van der Waals surface area (Å²) < 4.78 is 23.2. The van der Waals surface area contributed by atoms with Gasteiger partial charge in [-0.25, -0.2) is 18.4 Å². The van der Waals surface area contributed by atoms with Crippen LogP contribution >= 0.6 is 15.9 Å². The van der Waals surface area contributed by atoms with Crippen LogP contribution in [0.25, 0.3) is 0 Å². The van der Waals surface area contributed by atoms with E-state index in [4.69, 9.17) is 10.5 Å². The summed E-state index contributed by atoms with van der Waals surface area (Å²) in [5.74, 6) is -2.85. The van der Waals surface area contributed by atoms with Crippen molar-refractivity contribution in [1.29, 1.82) is 5.41 Å². The maximum Gasteiger partial charge on any atom is 0.337 e. The van der Waals surface area contributed by atoms with Crippen LogP contribution in [0.2, 0.25) is 0 Å². The molecule has 0 saturated heterocycles. The number of primary sulfonamides is 1. The van der Waals surface area contributed by atoms with Crippen LogP contribution in [0.5, 0.6) is 5.75 Å². The highest BCUT2D eigenvalue weighted by atomic mass is 79.9. The Morgan fingerprint density at radius 1 is 1.12 bits per heavy atom. The summed E-state index contributed by atoms with van der Waals surface area (Å²) in [6.45, 7) is 0. The monoisotopic (exact) mass is 441 g/mol. The molecule has 2 aromatic carbocycles. The maximum atomic E-state index is 12.3. The Hall–Kier alpha value is -2.76. The molecule has 2 aromatic rings. The standard InChI is InChI=1S/C15H12BrN3O6S/c16-7-1-3-11(9(5-7)15(22)23)19-14(21)13(17)10-6-8(26(18,24)25)2-4-12(10)20/h1-6,17,20H,(H,19,21)(H,22,23)(H2,18,24,25). The molecule has 0 bridgehead atoms. The van der Waals surface area contributed by atoms with Crippen molar-refractivity contribution in [3.05, 3.63) is 52.0 Å². The smallest absolute Gasteiger partial charge is 0.337 e. The molecule has 0 unspecified atom stereocenters. The average Bonchev–Trinajstić information content (AvgIpc) is 2.54. The molecule has 26 heavy (non-hydrogen) atoms. The highest BCUT2D eigenvalue weighted by molar-refractivity contribution is 9.10. The van der Waals surface area contributed by atoms with Crippen LogP contribution < -0.4 is 10.5 Å². The molecule has 11 heteroatoms. The number of rotatable bonds is 5. The third kappa shape index (κ3) is 4.25. The average molecular weight is 442 g/mol. The second-order valence-electron chi connectivity index (χ2n) is 5.05. The normalized spacial score (nSPS) is 11.0. The third-order valence-corrected chi connectivity index (χ3v) is 4.66. The van der Waals surface area contributed by atoms with Crippen molar-refractivity contribution < 1.29 is 28.2 Å². The molecule has 0 aromatic heterocycles. The van der Waals surface area contributed by atoms with Gasteiger partial charge in [-0.05, 0) is 36.4 Å². The van der Waals surface area contributed by atoms with Crippen LogP contribution in [0, 0.1) is 5.41 Å². The number of sulfonamides is 1. The Labute approximate surface area is 156 Å². The summed E-state index contributed by atoms with van der Waals surface area (Å²) in [7, 11) is -4.11. The van der Waals surface area contributed by atoms with Gasteiger partial charge in [0.25, 0.3) is 5.91 Å². The number of halogens is 1. The van der Waals surface area contributed by atoms with Gasteiger partial charge in [0, 0.05) is 10.0 Å². The summed E-state index contributed by atoms with van der Waals surface area (Å²) in [5.41, 5.74) is -1.43. The molecule has 0 fully saturated rings. The van der Waals surface area contributed by atoms with Gasteiger partial charge in [-0.2, -0.15) is 0 Å². The molecule has 136 valence electrons. The number of hydrogen-bond donors (Lipinski definition) is 5. The second-order valence-corrected chi connectivity index (χ2v) is 7.53. The van der Waals surface area contributed by atoms with Crippen LogP contribution in [0.15, 0.2) is 45.8 Å². The Morgan fingerprint density at radius 3 is 2.35 bits per heavy atom. The van der Waals surface area contributed by atoms with Crippen molar-refractivity contribution in [2.45, 2.75) is 4.90 Å². The fourth-order valence-electron chi connectivity index (χ4n) is 2.00. The molecule has 0 radical (unpaired) electrons. The van der Waals surface area contributed by atoms with Gasteiger partial charge >= 0.3 is 5.97 Å². The summed E-state index contributed by atoms with van der Waals surface area (Å²) in [6.07, 6.45) is 0. The van der Waals surface area contributed by atoms with Crippen molar-refractivity contribution in [3.8, 4) is 5.75 Å². The van der Waals surface area contributed by atoms with E-state index in [9.17, 15) is 28.2 Å². The van der Waals surface area contributed by atoms with Crippen LogP contribution in [-0.4, -0.2) is 36.2 Å². The van der Waals surface area contributed by atoms with E-state index in [2.05, 4.69) is 21.2 Å². The molecule has 2 rings (SSSR count). The number of carboxylic acids is 1. The SMILES string of the molecule is N=C(C(=O)Nc1ccc(Br)cc1C(=O)O)c1cc(S(N)(=O)=O)ccc1O. The highest BCUT2D eigenvalue weighted by Crippen LogP contribution is 2.24. The van der Waals surface area contributed by atoms with Gasteiger partial charge in [-0.3, -0.25) is 10.2 Å². The fourth-order valence-corrected chi connectivity index (χ4v) is 2.90. The highest BCUT2D eigenvalue weighted by Gasteiger charge is 2.21. The number of anilines is 1. The molecule has 0 aliphatic heterocycles. The fraction of sp³-hybridized carbons (Fsp3) is 0. The largest absolute Gasteiger partial charge is 0.507 e. The van der Waals surface area contributed by atoms with Gasteiger partial charge in [0.1, 0.15) is 11.5 Å².